The average Bonchev–Trinajstić information content (AvgIpc) is 3.49. The number of aliphatic hydroxyl groups excluding tert-OH is 2. The molecule has 8 nitrogen and oxygen atoms in total. The Morgan fingerprint density at radius 1 is 0.867 bits per heavy atom. The molecule has 3 N–H and O–H groups in total. The van der Waals surface area contributed by atoms with Crippen LogP contribution in [0.3, 0.4) is 0 Å². The van der Waals surface area contributed by atoms with Crippen LogP contribution in [0.1, 0.15) is 48.0 Å². The van der Waals surface area contributed by atoms with Crippen LogP contribution in [0, 0.1) is 5.92 Å². The molecule has 0 aliphatic carbocycles. The van der Waals surface area contributed by atoms with Crippen LogP contribution in [-0.2, 0) is 32.6 Å². The van der Waals surface area contributed by atoms with Gasteiger partial charge in [0.1, 0.15) is 0 Å². The zero-order chi connectivity index (χ0) is 31.4. The van der Waals surface area contributed by atoms with Gasteiger partial charge in [-0.15, -0.1) is 0 Å². The van der Waals surface area contributed by atoms with Gasteiger partial charge in [0.2, 0.25) is 10.0 Å². The van der Waals surface area contributed by atoms with E-state index in [9.17, 15) is 18.6 Å². The number of β-amino-alcohol motifs (C(OH)–C–C–N with tert-alkyl or cyclic N) is 1. The van der Waals surface area contributed by atoms with E-state index in [4.69, 9.17) is 9.47 Å². The van der Waals surface area contributed by atoms with Gasteiger partial charge in [-0.2, -0.15) is 0 Å². The van der Waals surface area contributed by atoms with Crippen molar-refractivity contribution in [3.05, 3.63) is 125 Å². The molecule has 236 valence electrons. The van der Waals surface area contributed by atoms with Gasteiger partial charge >= 0.3 is 0 Å². The van der Waals surface area contributed by atoms with Crippen LogP contribution < -0.4 is 4.72 Å². The SMILES string of the molecule is CC1C(CN2CCC(O)C2)OC(c2ccc(-c3ccccc3CNS(=O)(=O)c3ccccc3)cc2)OC1c1ccc(CO)cc1. The Hall–Kier alpha value is -3.41. The molecule has 2 saturated heterocycles. The molecule has 0 spiro atoms. The lowest BCUT2D eigenvalue weighted by Gasteiger charge is -2.42. The molecule has 6 rings (SSSR count). The summed E-state index contributed by atoms with van der Waals surface area (Å²) >= 11 is 0. The summed E-state index contributed by atoms with van der Waals surface area (Å²) in [4.78, 5) is 2.49. The highest BCUT2D eigenvalue weighted by Gasteiger charge is 2.39. The molecule has 4 aromatic carbocycles. The number of hydrogen-bond acceptors (Lipinski definition) is 7. The lowest BCUT2D eigenvalue weighted by molar-refractivity contribution is -0.276. The maximum absolute atomic E-state index is 12.8. The summed E-state index contributed by atoms with van der Waals surface area (Å²) in [5, 5.41) is 19.6. The molecule has 0 radical (unpaired) electrons. The van der Waals surface area contributed by atoms with Crippen molar-refractivity contribution >= 4 is 10.0 Å². The van der Waals surface area contributed by atoms with Crippen LogP contribution in [0.25, 0.3) is 11.1 Å². The smallest absolute Gasteiger partial charge is 0.240 e. The summed E-state index contributed by atoms with van der Waals surface area (Å²) in [6, 6.07) is 32.0. The Morgan fingerprint density at radius 3 is 2.24 bits per heavy atom. The lowest BCUT2D eigenvalue weighted by Crippen LogP contribution is -2.44. The van der Waals surface area contributed by atoms with Crippen molar-refractivity contribution in [3.8, 4) is 11.1 Å². The summed E-state index contributed by atoms with van der Waals surface area (Å²) in [5.74, 6) is 0.0600. The molecule has 45 heavy (non-hydrogen) atoms. The minimum Gasteiger partial charge on any atom is -0.392 e. The highest BCUT2D eigenvalue weighted by atomic mass is 32.2. The van der Waals surface area contributed by atoms with E-state index in [0.717, 1.165) is 46.3 Å². The van der Waals surface area contributed by atoms with E-state index >= 15 is 0 Å². The van der Waals surface area contributed by atoms with Gasteiger partial charge in [0, 0.05) is 37.7 Å². The Bertz CT molecular complexity index is 1660. The minimum absolute atomic E-state index is 0.0125. The van der Waals surface area contributed by atoms with Crippen molar-refractivity contribution in [1.29, 1.82) is 0 Å². The number of hydrogen-bond donors (Lipinski definition) is 3. The van der Waals surface area contributed by atoms with E-state index < -0.39 is 16.3 Å². The van der Waals surface area contributed by atoms with Gasteiger partial charge in [0.15, 0.2) is 6.29 Å². The van der Waals surface area contributed by atoms with Gasteiger partial charge in [-0.05, 0) is 46.4 Å². The van der Waals surface area contributed by atoms with Crippen LogP contribution in [0.5, 0.6) is 0 Å². The summed E-state index contributed by atoms with van der Waals surface area (Å²) in [5.41, 5.74) is 5.52. The summed E-state index contributed by atoms with van der Waals surface area (Å²) in [7, 11) is -3.65. The first-order chi connectivity index (χ1) is 21.8. The molecule has 5 unspecified atom stereocenters. The Morgan fingerprint density at radius 2 is 1.56 bits per heavy atom. The third-order valence-corrected chi connectivity index (χ3v) is 10.2. The first-order valence-corrected chi connectivity index (χ1v) is 16.9. The van der Waals surface area contributed by atoms with Crippen LogP contribution in [0.15, 0.2) is 108 Å². The number of benzene rings is 4. The molecule has 5 atom stereocenters. The third kappa shape index (κ3) is 7.37. The van der Waals surface area contributed by atoms with Crippen molar-refractivity contribution in [2.24, 2.45) is 5.92 Å². The zero-order valence-electron chi connectivity index (χ0n) is 25.3. The van der Waals surface area contributed by atoms with E-state index in [2.05, 4.69) is 16.5 Å². The normalized spacial score (nSPS) is 24.1. The maximum Gasteiger partial charge on any atom is 0.240 e. The molecule has 0 saturated carbocycles. The first-order valence-electron chi connectivity index (χ1n) is 15.4. The minimum atomic E-state index is -3.65. The van der Waals surface area contributed by atoms with Gasteiger partial charge < -0.3 is 19.7 Å². The standard InChI is InChI=1S/C36H40N2O6S/c1-25-34(23-38-20-19-31(40)22-38)43-36(44-35(25)28-13-11-26(24-39)12-14-28)29-17-15-27(16-18-29)33-10-6-5-7-30(33)21-37-45(41,42)32-8-3-2-4-9-32/h2-18,25,31,34-37,39-40H,19-24H2,1H3. The molecular formula is C36H40N2O6S. The fourth-order valence-corrected chi connectivity index (χ4v) is 7.22. The molecule has 2 heterocycles. The number of ether oxygens (including phenoxy) is 2. The van der Waals surface area contributed by atoms with Crippen molar-refractivity contribution in [1.82, 2.24) is 9.62 Å². The number of likely N-dealkylation sites (tertiary alicyclic amines) is 1. The number of sulfonamides is 1. The second-order valence-electron chi connectivity index (χ2n) is 11.9. The molecule has 4 aromatic rings. The van der Waals surface area contributed by atoms with Crippen molar-refractivity contribution in [2.75, 3.05) is 19.6 Å². The first kappa shape index (κ1) is 31.6. The largest absolute Gasteiger partial charge is 0.392 e. The van der Waals surface area contributed by atoms with Gasteiger partial charge in [0.05, 0.1) is 29.8 Å². The van der Waals surface area contributed by atoms with E-state index in [1.54, 1.807) is 30.3 Å². The molecule has 0 bridgehead atoms. The predicted molar refractivity (Wildman–Crippen MR) is 172 cm³/mol. The number of rotatable bonds is 10. The Balaban J connectivity index is 1.22. The molecule has 9 heteroatoms. The third-order valence-electron chi connectivity index (χ3n) is 8.83. The van der Waals surface area contributed by atoms with Crippen molar-refractivity contribution in [3.63, 3.8) is 0 Å². The van der Waals surface area contributed by atoms with Crippen LogP contribution in [0.4, 0.5) is 0 Å². The van der Waals surface area contributed by atoms with Crippen LogP contribution in [-0.4, -0.2) is 55.4 Å². The highest BCUT2D eigenvalue weighted by Crippen LogP contribution is 2.42. The Labute approximate surface area is 265 Å². The number of aliphatic hydroxyl groups is 2. The van der Waals surface area contributed by atoms with Gasteiger partial charge in [-0.1, -0.05) is 97.9 Å². The lowest BCUT2D eigenvalue weighted by atomic mass is 9.90. The monoisotopic (exact) mass is 628 g/mol. The fraction of sp³-hybridized carbons (Fsp3) is 0.333. The molecule has 0 aromatic heterocycles. The van der Waals surface area contributed by atoms with E-state index in [0.29, 0.717) is 13.1 Å². The molecule has 2 aliphatic rings. The van der Waals surface area contributed by atoms with Crippen molar-refractivity contribution < 1.29 is 28.1 Å². The topological polar surface area (TPSA) is 108 Å². The number of nitrogens with zero attached hydrogens (tertiary/aromatic N) is 1. The quantitative estimate of drug-likeness (QED) is 0.222. The predicted octanol–water partition coefficient (Wildman–Crippen LogP) is 5.18. The summed E-state index contributed by atoms with van der Waals surface area (Å²) in [6.07, 6.45) is -0.462. The average molecular weight is 629 g/mol. The molecule has 0 amide bonds. The maximum atomic E-state index is 12.8. The van der Waals surface area contributed by atoms with Crippen molar-refractivity contribution in [2.45, 2.75) is 56.0 Å². The van der Waals surface area contributed by atoms with E-state index in [-0.39, 0.29) is 42.3 Å². The fourth-order valence-electron chi connectivity index (χ4n) is 6.19. The summed E-state index contributed by atoms with van der Waals surface area (Å²) in [6.45, 7) is 4.47. The van der Waals surface area contributed by atoms with Gasteiger partial charge in [0.25, 0.3) is 0 Å². The highest BCUT2D eigenvalue weighted by molar-refractivity contribution is 7.89. The van der Waals surface area contributed by atoms with E-state index in [1.807, 2.05) is 72.8 Å². The molecule has 2 fully saturated rings. The zero-order valence-corrected chi connectivity index (χ0v) is 26.1. The number of nitrogens with one attached hydrogen (secondary N) is 1. The second-order valence-corrected chi connectivity index (χ2v) is 13.7. The Kier molecular flexibility index (Phi) is 9.77. The van der Waals surface area contributed by atoms with Crippen LogP contribution in [0.2, 0.25) is 0 Å². The molecular weight excluding hydrogens is 588 g/mol. The van der Waals surface area contributed by atoms with Gasteiger partial charge in [-0.3, -0.25) is 4.90 Å². The van der Waals surface area contributed by atoms with Gasteiger partial charge in [-0.25, -0.2) is 13.1 Å². The summed E-state index contributed by atoms with van der Waals surface area (Å²) < 4.78 is 41.6. The second kappa shape index (κ2) is 13.9. The molecule has 2 aliphatic heterocycles. The van der Waals surface area contributed by atoms with Crippen LogP contribution >= 0.6 is 0 Å². The van der Waals surface area contributed by atoms with E-state index in [1.165, 1.54) is 0 Å².